The largest absolute Gasteiger partial charge is 0.504 e. The second-order valence-electron chi connectivity index (χ2n) is 4.63. The Hall–Kier alpha value is -3.62. The minimum Gasteiger partial charge on any atom is -0.504 e. The van der Waals surface area contributed by atoms with Crippen LogP contribution in [0.1, 0.15) is 0 Å². The van der Waals surface area contributed by atoms with Crippen molar-refractivity contribution in [1.82, 2.24) is 4.98 Å². The van der Waals surface area contributed by atoms with Crippen molar-refractivity contribution >= 4 is 29.1 Å². The number of pyridine rings is 1. The average molecular weight is 343 g/mol. The summed E-state index contributed by atoms with van der Waals surface area (Å²) in [5.41, 5.74) is 0.737. The molecule has 1 aromatic heterocycles. The molecular formula is C16H17N5O4. The summed E-state index contributed by atoms with van der Waals surface area (Å²) >= 11 is 0. The first-order chi connectivity index (χ1) is 12.0. The number of benzene rings is 1. The minimum atomic E-state index is -0.745. The molecule has 1 aromatic carbocycles. The molecule has 2 aromatic rings. The summed E-state index contributed by atoms with van der Waals surface area (Å²) in [4.78, 5) is 15.6. The summed E-state index contributed by atoms with van der Waals surface area (Å²) in [5, 5.41) is 23.2. The molecule has 0 aliphatic heterocycles. The highest BCUT2D eigenvalue weighted by molar-refractivity contribution is 5.88. The Kier molecular flexibility index (Phi) is 5.88. The zero-order valence-corrected chi connectivity index (χ0v) is 13.7. The monoisotopic (exact) mass is 343 g/mol. The van der Waals surface area contributed by atoms with Gasteiger partial charge in [0, 0.05) is 6.07 Å². The van der Waals surface area contributed by atoms with E-state index in [1.165, 1.54) is 20.3 Å². The summed E-state index contributed by atoms with van der Waals surface area (Å²) < 4.78 is 9.43. The second-order valence-corrected chi connectivity index (χ2v) is 4.63. The number of anilines is 2. The summed E-state index contributed by atoms with van der Waals surface area (Å²) in [6.07, 6.45) is -0.745. The predicted octanol–water partition coefficient (Wildman–Crippen LogP) is 3.91. The lowest BCUT2D eigenvalue weighted by atomic mass is 10.3. The van der Waals surface area contributed by atoms with E-state index in [0.29, 0.717) is 5.69 Å². The number of rotatable bonds is 6. The number of carbonyl (C=O) groups is 1. The highest BCUT2D eigenvalue weighted by Gasteiger charge is 2.15. The first kappa shape index (κ1) is 17.7. The molecule has 0 unspecified atom stereocenters. The van der Waals surface area contributed by atoms with E-state index in [-0.39, 0.29) is 29.0 Å². The summed E-state index contributed by atoms with van der Waals surface area (Å²) in [7, 11) is 2.62. The first-order valence-electron chi connectivity index (χ1n) is 7.09. The molecule has 0 saturated heterocycles. The SMILES string of the molecule is C=C(Nc1nc(NC(=O)OC)c(N=Nc2ccccc2)cc1O)OC. The quantitative estimate of drug-likeness (QED) is 0.540. The maximum Gasteiger partial charge on any atom is 0.412 e. The van der Waals surface area contributed by atoms with E-state index in [2.05, 4.69) is 37.2 Å². The highest BCUT2D eigenvalue weighted by Crippen LogP contribution is 2.34. The Morgan fingerprint density at radius 3 is 2.48 bits per heavy atom. The minimum absolute atomic E-state index is 0.0249. The fraction of sp³-hybridized carbons (Fsp3) is 0.125. The molecule has 1 amide bonds. The number of amides is 1. The first-order valence-corrected chi connectivity index (χ1v) is 7.09. The van der Waals surface area contributed by atoms with Crippen LogP contribution >= 0.6 is 0 Å². The number of nitrogens with zero attached hydrogens (tertiary/aromatic N) is 3. The standard InChI is InChI=1S/C16H17N5O4/c1-10(24-2)17-15-13(22)9-12(14(18-15)19-16(23)25-3)21-20-11-7-5-4-6-8-11/h4-9,22H,1H2,2-3H3,(H2,17,18,19,23). The maximum absolute atomic E-state index is 11.5. The Balaban J connectivity index is 2.39. The number of azo groups is 1. The van der Waals surface area contributed by atoms with Gasteiger partial charge in [-0.05, 0) is 18.7 Å². The topological polar surface area (TPSA) is 117 Å². The number of hydrogen-bond acceptors (Lipinski definition) is 8. The Morgan fingerprint density at radius 1 is 1.12 bits per heavy atom. The van der Waals surface area contributed by atoms with Crippen LogP contribution < -0.4 is 10.6 Å². The van der Waals surface area contributed by atoms with Crippen LogP contribution in [0.5, 0.6) is 5.75 Å². The van der Waals surface area contributed by atoms with Crippen molar-refractivity contribution < 1.29 is 19.4 Å². The van der Waals surface area contributed by atoms with Crippen LogP contribution in [0, 0.1) is 0 Å². The van der Waals surface area contributed by atoms with Crippen LogP contribution in [0.25, 0.3) is 0 Å². The van der Waals surface area contributed by atoms with E-state index in [1.54, 1.807) is 24.3 Å². The number of aromatic hydroxyl groups is 1. The van der Waals surface area contributed by atoms with Gasteiger partial charge in [-0.2, -0.15) is 5.11 Å². The van der Waals surface area contributed by atoms with Crippen LogP contribution in [0.4, 0.5) is 27.8 Å². The summed E-state index contributed by atoms with van der Waals surface area (Å²) in [5.74, 6) is -0.00578. The molecule has 2 rings (SSSR count). The molecule has 0 fully saturated rings. The van der Waals surface area contributed by atoms with Gasteiger partial charge in [-0.15, -0.1) is 5.11 Å². The van der Waals surface area contributed by atoms with Crippen molar-refractivity contribution in [3.8, 4) is 5.75 Å². The van der Waals surface area contributed by atoms with Crippen LogP contribution in [-0.2, 0) is 9.47 Å². The van der Waals surface area contributed by atoms with Gasteiger partial charge in [0.2, 0.25) is 0 Å². The molecule has 3 N–H and O–H groups in total. The maximum atomic E-state index is 11.5. The molecule has 0 spiro atoms. The molecule has 0 atom stereocenters. The van der Waals surface area contributed by atoms with E-state index in [4.69, 9.17) is 4.74 Å². The van der Waals surface area contributed by atoms with Crippen LogP contribution in [-0.4, -0.2) is 30.4 Å². The average Bonchev–Trinajstić information content (AvgIpc) is 2.63. The molecule has 0 aliphatic carbocycles. The van der Waals surface area contributed by atoms with Gasteiger partial charge in [0.05, 0.1) is 19.9 Å². The van der Waals surface area contributed by atoms with Crippen molar-refractivity contribution in [3.05, 3.63) is 48.9 Å². The van der Waals surface area contributed by atoms with E-state index < -0.39 is 6.09 Å². The number of hydrogen-bond donors (Lipinski definition) is 3. The molecule has 0 radical (unpaired) electrons. The van der Waals surface area contributed by atoms with Gasteiger partial charge < -0.3 is 19.9 Å². The smallest absolute Gasteiger partial charge is 0.412 e. The van der Waals surface area contributed by atoms with Crippen LogP contribution in [0.2, 0.25) is 0 Å². The molecule has 0 bridgehead atoms. The number of carbonyl (C=O) groups excluding carboxylic acids is 1. The molecule has 0 aliphatic rings. The van der Waals surface area contributed by atoms with E-state index in [1.807, 2.05) is 6.07 Å². The molecule has 130 valence electrons. The van der Waals surface area contributed by atoms with E-state index in [0.717, 1.165) is 0 Å². The third kappa shape index (κ3) is 4.93. The van der Waals surface area contributed by atoms with Crippen LogP contribution in [0.3, 0.4) is 0 Å². The highest BCUT2D eigenvalue weighted by atomic mass is 16.5. The van der Waals surface area contributed by atoms with Gasteiger partial charge in [0.15, 0.2) is 23.3 Å². The van der Waals surface area contributed by atoms with Crippen molar-refractivity contribution in [3.63, 3.8) is 0 Å². The number of aromatic nitrogens is 1. The molecular weight excluding hydrogens is 326 g/mol. The fourth-order valence-electron chi connectivity index (χ4n) is 1.69. The molecule has 25 heavy (non-hydrogen) atoms. The number of methoxy groups -OCH3 is 2. The molecule has 1 heterocycles. The Bertz CT molecular complexity index is 793. The predicted molar refractivity (Wildman–Crippen MR) is 92.3 cm³/mol. The van der Waals surface area contributed by atoms with E-state index >= 15 is 0 Å². The van der Waals surface area contributed by atoms with Gasteiger partial charge in [-0.1, -0.05) is 18.2 Å². The van der Waals surface area contributed by atoms with Gasteiger partial charge in [-0.3, -0.25) is 5.32 Å². The lowest BCUT2D eigenvalue weighted by Gasteiger charge is -2.12. The zero-order chi connectivity index (χ0) is 18.2. The van der Waals surface area contributed by atoms with Crippen LogP contribution in [0.15, 0.2) is 59.1 Å². The zero-order valence-electron chi connectivity index (χ0n) is 13.7. The van der Waals surface area contributed by atoms with Crippen molar-refractivity contribution in [2.24, 2.45) is 10.2 Å². The van der Waals surface area contributed by atoms with Gasteiger partial charge in [0.1, 0.15) is 5.69 Å². The molecule has 0 saturated carbocycles. The van der Waals surface area contributed by atoms with Crippen molar-refractivity contribution in [2.45, 2.75) is 0 Å². The molecule has 9 nitrogen and oxygen atoms in total. The Morgan fingerprint density at radius 2 is 1.84 bits per heavy atom. The normalized spacial score (nSPS) is 10.3. The third-order valence-corrected chi connectivity index (χ3v) is 2.92. The number of nitrogens with one attached hydrogen (secondary N) is 2. The molecule has 9 heteroatoms. The summed E-state index contributed by atoms with van der Waals surface area (Å²) in [6, 6.07) is 10.3. The van der Waals surface area contributed by atoms with Crippen molar-refractivity contribution in [2.75, 3.05) is 24.9 Å². The van der Waals surface area contributed by atoms with E-state index in [9.17, 15) is 9.90 Å². The summed E-state index contributed by atoms with van der Waals surface area (Å²) in [6.45, 7) is 3.58. The lowest BCUT2D eigenvalue weighted by Crippen LogP contribution is -2.13. The number of ether oxygens (including phenoxy) is 2. The van der Waals surface area contributed by atoms with Gasteiger partial charge in [-0.25, -0.2) is 9.78 Å². The second kappa shape index (κ2) is 8.29. The lowest BCUT2D eigenvalue weighted by molar-refractivity contribution is 0.187. The fourth-order valence-corrected chi connectivity index (χ4v) is 1.69. The Labute approximate surface area is 144 Å². The van der Waals surface area contributed by atoms with Gasteiger partial charge in [0.25, 0.3) is 0 Å². The van der Waals surface area contributed by atoms with Crippen molar-refractivity contribution in [1.29, 1.82) is 0 Å². The third-order valence-electron chi connectivity index (χ3n) is 2.92. The van der Waals surface area contributed by atoms with Gasteiger partial charge >= 0.3 is 6.09 Å².